The third-order valence-electron chi connectivity index (χ3n) is 6.84. The van der Waals surface area contributed by atoms with E-state index in [2.05, 4.69) is 29.5 Å². The average Bonchev–Trinajstić information content (AvgIpc) is 2.87. The van der Waals surface area contributed by atoms with Crippen LogP contribution in [0, 0.1) is 11.8 Å². The molecule has 1 aliphatic rings. The molecule has 2 atom stereocenters. The molecule has 0 radical (unpaired) electrons. The van der Waals surface area contributed by atoms with Crippen molar-refractivity contribution >= 4 is 35.1 Å². The van der Waals surface area contributed by atoms with Gasteiger partial charge < -0.3 is 16.4 Å². The largest absolute Gasteiger partial charge is 0.397 e. The molecule has 188 valence electrons. The van der Waals surface area contributed by atoms with Crippen molar-refractivity contribution in [3.05, 3.63) is 53.6 Å². The van der Waals surface area contributed by atoms with Crippen LogP contribution in [0.25, 0.3) is 0 Å². The normalized spacial score (nSPS) is 17.9. The summed E-state index contributed by atoms with van der Waals surface area (Å²) in [5.41, 5.74) is 9.47. The number of anilines is 2. The number of amides is 2. The maximum Gasteiger partial charge on any atom is 0.251 e. The number of nitrogens with zero attached hydrogens (tertiary/aromatic N) is 1. The monoisotopic (exact) mass is 476 g/mol. The summed E-state index contributed by atoms with van der Waals surface area (Å²) < 4.78 is 0. The Bertz CT molecular complexity index is 1000. The van der Waals surface area contributed by atoms with Crippen LogP contribution >= 0.6 is 0 Å². The Morgan fingerprint density at radius 2 is 1.77 bits per heavy atom. The highest BCUT2D eigenvalue weighted by atomic mass is 16.2. The molecule has 3 rings (SSSR count). The Labute approximate surface area is 209 Å². The zero-order chi connectivity index (χ0) is 25.0. The topological polar surface area (TPSA) is 96.6 Å². The van der Waals surface area contributed by atoms with E-state index in [4.69, 9.17) is 5.73 Å². The van der Waals surface area contributed by atoms with Crippen molar-refractivity contribution in [1.82, 2.24) is 5.32 Å². The SMILES string of the molecule is CCCCCCCNC(=O)c1ccc(C=Nc2cc(NC(=O)C3CCCCC3C)ccc2N)cc1. The molecule has 2 aromatic rings. The van der Waals surface area contributed by atoms with E-state index in [1.165, 1.54) is 25.7 Å². The van der Waals surface area contributed by atoms with Gasteiger partial charge in [0.05, 0.1) is 11.4 Å². The van der Waals surface area contributed by atoms with Crippen LogP contribution in [0.5, 0.6) is 0 Å². The third kappa shape index (κ3) is 8.23. The fourth-order valence-electron chi connectivity index (χ4n) is 4.57. The number of nitrogens with two attached hydrogens (primary N) is 1. The van der Waals surface area contributed by atoms with Gasteiger partial charge in [-0.2, -0.15) is 0 Å². The lowest BCUT2D eigenvalue weighted by molar-refractivity contribution is -0.122. The van der Waals surface area contributed by atoms with E-state index in [1.54, 1.807) is 30.5 Å². The molecule has 6 heteroatoms. The second kappa shape index (κ2) is 13.7. The summed E-state index contributed by atoms with van der Waals surface area (Å²) in [6.45, 7) is 5.06. The molecule has 1 aliphatic carbocycles. The predicted molar refractivity (Wildman–Crippen MR) is 145 cm³/mol. The number of nitrogens with one attached hydrogen (secondary N) is 2. The minimum absolute atomic E-state index is 0.0519. The fourth-order valence-corrected chi connectivity index (χ4v) is 4.57. The molecule has 1 fully saturated rings. The van der Waals surface area contributed by atoms with Crippen LogP contribution in [0.2, 0.25) is 0 Å². The van der Waals surface area contributed by atoms with Crippen molar-refractivity contribution in [2.75, 3.05) is 17.6 Å². The number of hydrogen-bond donors (Lipinski definition) is 3. The summed E-state index contributed by atoms with van der Waals surface area (Å²) in [5, 5.41) is 6.03. The van der Waals surface area contributed by atoms with Gasteiger partial charge in [-0.25, -0.2) is 0 Å². The molecule has 0 spiro atoms. The van der Waals surface area contributed by atoms with Gasteiger partial charge in [-0.05, 0) is 61.1 Å². The molecule has 1 saturated carbocycles. The lowest BCUT2D eigenvalue weighted by atomic mass is 9.80. The molecule has 6 nitrogen and oxygen atoms in total. The van der Waals surface area contributed by atoms with Gasteiger partial charge >= 0.3 is 0 Å². The van der Waals surface area contributed by atoms with Crippen LogP contribution in [-0.2, 0) is 4.79 Å². The van der Waals surface area contributed by atoms with E-state index >= 15 is 0 Å². The molecule has 2 aromatic carbocycles. The highest BCUT2D eigenvalue weighted by molar-refractivity contribution is 5.96. The molecule has 0 heterocycles. The van der Waals surface area contributed by atoms with Crippen LogP contribution < -0.4 is 16.4 Å². The van der Waals surface area contributed by atoms with Crippen molar-refractivity contribution in [2.24, 2.45) is 16.8 Å². The van der Waals surface area contributed by atoms with E-state index in [1.807, 2.05) is 18.2 Å². The lowest BCUT2D eigenvalue weighted by Crippen LogP contribution is -2.30. The summed E-state index contributed by atoms with van der Waals surface area (Å²) in [6.07, 6.45) is 11.9. The van der Waals surface area contributed by atoms with E-state index in [9.17, 15) is 9.59 Å². The fraction of sp³-hybridized carbons (Fsp3) is 0.483. The van der Waals surface area contributed by atoms with Gasteiger partial charge in [0.2, 0.25) is 5.91 Å². The summed E-state index contributed by atoms with van der Waals surface area (Å²) in [4.78, 5) is 29.6. The minimum Gasteiger partial charge on any atom is -0.397 e. The van der Waals surface area contributed by atoms with Crippen LogP contribution in [-0.4, -0.2) is 24.6 Å². The molecule has 0 saturated heterocycles. The second-order valence-electron chi connectivity index (χ2n) is 9.68. The van der Waals surface area contributed by atoms with Gasteiger partial charge in [0.25, 0.3) is 5.91 Å². The van der Waals surface area contributed by atoms with Crippen molar-refractivity contribution in [1.29, 1.82) is 0 Å². The number of hydrogen-bond acceptors (Lipinski definition) is 4. The Kier molecular flexibility index (Phi) is 10.3. The van der Waals surface area contributed by atoms with Crippen LogP contribution in [0.1, 0.15) is 87.6 Å². The van der Waals surface area contributed by atoms with Gasteiger partial charge in [-0.1, -0.05) is 64.5 Å². The van der Waals surface area contributed by atoms with E-state index < -0.39 is 0 Å². The van der Waals surface area contributed by atoms with Crippen LogP contribution in [0.3, 0.4) is 0 Å². The number of unbranched alkanes of at least 4 members (excludes halogenated alkanes) is 4. The first-order chi connectivity index (χ1) is 17.0. The molecule has 0 aromatic heterocycles. The highest BCUT2D eigenvalue weighted by Gasteiger charge is 2.27. The first-order valence-corrected chi connectivity index (χ1v) is 13.1. The standard InChI is InChI=1S/C29H40N4O2/c1-3-4-5-6-9-18-31-28(34)23-14-12-22(13-15-23)20-32-27-19-24(16-17-26(27)30)33-29(35)25-11-8-7-10-21(25)2/h12-17,19-21,25H,3-11,18,30H2,1-2H3,(H,31,34)(H,33,35). The number of carbonyl (C=O) groups is 2. The second-order valence-corrected chi connectivity index (χ2v) is 9.68. The lowest BCUT2D eigenvalue weighted by Gasteiger charge is -2.27. The first kappa shape index (κ1) is 26.5. The quantitative estimate of drug-likeness (QED) is 0.197. The predicted octanol–water partition coefficient (Wildman–Crippen LogP) is 6.48. The smallest absolute Gasteiger partial charge is 0.251 e. The average molecular weight is 477 g/mol. The Balaban J connectivity index is 1.55. The number of carbonyl (C=O) groups excluding carboxylic acids is 2. The number of benzene rings is 2. The van der Waals surface area contributed by atoms with Gasteiger partial charge in [0, 0.05) is 29.9 Å². The van der Waals surface area contributed by atoms with Gasteiger partial charge in [0.1, 0.15) is 0 Å². The molecule has 0 aliphatic heterocycles. The first-order valence-electron chi connectivity index (χ1n) is 13.1. The van der Waals surface area contributed by atoms with Crippen molar-refractivity contribution in [3.63, 3.8) is 0 Å². The van der Waals surface area contributed by atoms with E-state index in [-0.39, 0.29) is 17.7 Å². The molecule has 35 heavy (non-hydrogen) atoms. The van der Waals surface area contributed by atoms with Gasteiger partial charge in [0.15, 0.2) is 0 Å². The Morgan fingerprint density at radius 3 is 2.51 bits per heavy atom. The highest BCUT2D eigenvalue weighted by Crippen LogP contribution is 2.31. The molecule has 2 amide bonds. The Morgan fingerprint density at radius 1 is 1.03 bits per heavy atom. The third-order valence-corrected chi connectivity index (χ3v) is 6.84. The van der Waals surface area contributed by atoms with Crippen molar-refractivity contribution in [3.8, 4) is 0 Å². The summed E-state index contributed by atoms with van der Waals surface area (Å²) in [7, 11) is 0. The zero-order valence-electron chi connectivity index (χ0n) is 21.2. The summed E-state index contributed by atoms with van der Waals surface area (Å²) >= 11 is 0. The van der Waals surface area contributed by atoms with E-state index in [0.29, 0.717) is 35.1 Å². The molecular formula is C29H40N4O2. The summed E-state index contributed by atoms with van der Waals surface area (Å²) in [6, 6.07) is 12.7. The van der Waals surface area contributed by atoms with E-state index in [0.717, 1.165) is 37.7 Å². The molecular weight excluding hydrogens is 436 g/mol. The number of nitrogen functional groups attached to an aromatic ring is 1. The minimum atomic E-state index is -0.0519. The summed E-state index contributed by atoms with van der Waals surface area (Å²) in [5.74, 6) is 0.492. The molecule has 2 unspecified atom stereocenters. The van der Waals surface area contributed by atoms with Crippen molar-refractivity contribution in [2.45, 2.75) is 71.6 Å². The number of rotatable bonds is 11. The molecule has 4 N–H and O–H groups in total. The zero-order valence-corrected chi connectivity index (χ0v) is 21.2. The van der Waals surface area contributed by atoms with Gasteiger partial charge in [-0.15, -0.1) is 0 Å². The van der Waals surface area contributed by atoms with Crippen LogP contribution in [0.15, 0.2) is 47.5 Å². The van der Waals surface area contributed by atoms with Crippen molar-refractivity contribution < 1.29 is 9.59 Å². The maximum absolute atomic E-state index is 12.8. The Hall–Kier alpha value is -3.15. The maximum atomic E-state index is 12.8. The molecule has 0 bridgehead atoms. The van der Waals surface area contributed by atoms with Crippen LogP contribution in [0.4, 0.5) is 17.1 Å². The van der Waals surface area contributed by atoms with Gasteiger partial charge in [-0.3, -0.25) is 14.6 Å². The number of aliphatic imine (C=N–C) groups is 1.